The number of alkyl halides is 2. The lowest BCUT2D eigenvalue weighted by molar-refractivity contribution is 0.163. The SMILES string of the molecule is Cc1cc(NCC(F)F)nc(N)n1. The number of rotatable bonds is 3. The lowest BCUT2D eigenvalue weighted by Gasteiger charge is -2.05. The molecule has 72 valence electrons. The van der Waals surface area contributed by atoms with Gasteiger partial charge in [0.25, 0.3) is 6.43 Å². The van der Waals surface area contributed by atoms with Crippen molar-refractivity contribution in [2.24, 2.45) is 0 Å². The maximum Gasteiger partial charge on any atom is 0.255 e. The summed E-state index contributed by atoms with van der Waals surface area (Å²) in [4.78, 5) is 7.53. The summed E-state index contributed by atoms with van der Waals surface area (Å²) in [5.41, 5.74) is 5.96. The van der Waals surface area contributed by atoms with Gasteiger partial charge >= 0.3 is 0 Å². The van der Waals surface area contributed by atoms with Gasteiger partial charge in [0.15, 0.2) is 0 Å². The average Bonchev–Trinajstić information content (AvgIpc) is 1.99. The van der Waals surface area contributed by atoms with Crippen molar-refractivity contribution < 1.29 is 8.78 Å². The van der Waals surface area contributed by atoms with Gasteiger partial charge in [0.2, 0.25) is 5.95 Å². The van der Waals surface area contributed by atoms with Gasteiger partial charge in [-0.3, -0.25) is 0 Å². The van der Waals surface area contributed by atoms with Crippen LogP contribution in [0.15, 0.2) is 6.07 Å². The Morgan fingerprint density at radius 3 is 2.77 bits per heavy atom. The fraction of sp³-hybridized carbons (Fsp3) is 0.429. The number of hydrogen-bond acceptors (Lipinski definition) is 4. The number of nitrogen functional groups attached to an aromatic ring is 1. The van der Waals surface area contributed by atoms with E-state index in [1.54, 1.807) is 13.0 Å². The summed E-state index contributed by atoms with van der Waals surface area (Å²) < 4.78 is 23.6. The number of aryl methyl sites for hydroxylation is 1. The highest BCUT2D eigenvalue weighted by atomic mass is 19.3. The van der Waals surface area contributed by atoms with E-state index in [0.29, 0.717) is 11.5 Å². The van der Waals surface area contributed by atoms with E-state index < -0.39 is 13.0 Å². The Morgan fingerprint density at radius 2 is 2.23 bits per heavy atom. The minimum Gasteiger partial charge on any atom is -0.368 e. The first-order valence-electron chi connectivity index (χ1n) is 3.71. The van der Waals surface area contributed by atoms with Gasteiger partial charge in [-0.25, -0.2) is 13.8 Å². The van der Waals surface area contributed by atoms with Crippen molar-refractivity contribution in [3.05, 3.63) is 11.8 Å². The minimum absolute atomic E-state index is 0.0803. The van der Waals surface area contributed by atoms with Crippen LogP contribution in [0.3, 0.4) is 0 Å². The largest absolute Gasteiger partial charge is 0.368 e. The molecular formula is C7H10F2N4. The first-order chi connectivity index (χ1) is 6.08. The highest BCUT2D eigenvalue weighted by molar-refractivity contribution is 5.40. The van der Waals surface area contributed by atoms with Crippen LogP contribution in [0.1, 0.15) is 5.69 Å². The summed E-state index contributed by atoms with van der Waals surface area (Å²) in [6.07, 6.45) is -2.41. The molecule has 3 N–H and O–H groups in total. The molecule has 0 atom stereocenters. The molecule has 6 heteroatoms. The summed E-state index contributed by atoms with van der Waals surface area (Å²) >= 11 is 0. The lowest BCUT2D eigenvalue weighted by Crippen LogP contribution is -2.12. The Labute approximate surface area is 74.2 Å². The van der Waals surface area contributed by atoms with Crippen LogP contribution < -0.4 is 11.1 Å². The van der Waals surface area contributed by atoms with Crippen molar-refractivity contribution in [3.8, 4) is 0 Å². The van der Waals surface area contributed by atoms with E-state index in [-0.39, 0.29) is 5.95 Å². The second-order valence-electron chi connectivity index (χ2n) is 2.52. The highest BCUT2D eigenvalue weighted by Crippen LogP contribution is 2.07. The van der Waals surface area contributed by atoms with Crippen LogP contribution >= 0.6 is 0 Å². The number of anilines is 2. The van der Waals surface area contributed by atoms with Crippen LogP contribution in [0.5, 0.6) is 0 Å². The summed E-state index contributed by atoms with van der Waals surface area (Å²) in [5.74, 6) is 0.405. The van der Waals surface area contributed by atoms with Crippen LogP contribution in [-0.2, 0) is 0 Å². The molecule has 0 spiro atoms. The van der Waals surface area contributed by atoms with Gasteiger partial charge in [0, 0.05) is 11.8 Å². The standard InChI is InChI=1S/C7H10F2N4/c1-4-2-6(11-3-5(8)9)13-7(10)12-4/h2,5H,3H2,1H3,(H3,10,11,12,13). The molecule has 0 bridgehead atoms. The van der Waals surface area contributed by atoms with Crippen LogP contribution in [-0.4, -0.2) is 22.9 Å². The third kappa shape index (κ3) is 3.18. The maximum atomic E-state index is 11.8. The number of halogens is 2. The van der Waals surface area contributed by atoms with Crippen LogP contribution in [0, 0.1) is 6.92 Å². The summed E-state index contributed by atoms with van der Waals surface area (Å²) in [5, 5.41) is 2.44. The van der Waals surface area contributed by atoms with E-state index in [1.165, 1.54) is 0 Å². The molecule has 4 nitrogen and oxygen atoms in total. The van der Waals surface area contributed by atoms with Gasteiger partial charge in [-0.1, -0.05) is 0 Å². The normalized spacial score (nSPS) is 10.5. The molecule has 1 heterocycles. The van der Waals surface area contributed by atoms with E-state index in [0.717, 1.165) is 0 Å². The van der Waals surface area contributed by atoms with E-state index in [1.807, 2.05) is 0 Å². The van der Waals surface area contributed by atoms with Crippen molar-refractivity contribution >= 4 is 11.8 Å². The van der Waals surface area contributed by atoms with E-state index in [2.05, 4.69) is 15.3 Å². The summed E-state index contributed by atoms with van der Waals surface area (Å²) in [6.45, 7) is 1.28. The molecule has 1 aromatic rings. The Kier molecular flexibility index (Phi) is 2.94. The number of aromatic nitrogens is 2. The smallest absolute Gasteiger partial charge is 0.255 e. The van der Waals surface area contributed by atoms with Gasteiger partial charge in [-0.2, -0.15) is 4.98 Å². The van der Waals surface area contributed by atoms with Gasteiger partial charge in [-0.05, 0) is 6.92 Å². The van der Waals surface area contributed by atoms with Gasteiger partial charge in [0.05, 0.1) is 6.54 Å². The van der Waals surface area contributed by atoms with Crippen molar-refractivity contribution in [2.75, 3.05) is 17.6 Å². The van der Waals surface area contributed by atoms with Crippen molar-refractivity contribution in [3.63, 3.8) is 0 Å². The Hall–Kier alpha value is -1.46. The Balaban J connectivity index is 2.66. The topological polar surface area (TPSA) is 63.8 Å². The van der Waals surface area contributed by atoms with Crippen molar-refractivity contribution in [2.45, 2.75) is 13.3 Å². The zero-order valence-electron chi connectivity index (χ0n) is 7.09. The third-order valence-corrected chi connectivity index (χ3v) is 1.31. The molecule has 0 unspecified atom stereocenters. The number of nitrogens with zero attached hydrogens (tertiary/aromatic N) is 2. The predicted octanol–water partition coefficient (Wildman–Crippen LogP) is 1.04. The quantitative estimate of drug-likeness (QED) is 0.744. The predicted molar refractivity (Wildman–Crippen MR) is 45.7 cm³/mol. The van der Waals surface area contributed by atoms with Crippen LogP contribution in [0.25, 0.3) is 0 Å². The molecule has 0 saturated carbocycles. The molecule has 0 aliphatic rings. The first-order valence-corrected chi connectivity index (χ1v) is 3.71. The molecule has 0 amide bonds. The number of nitrogens with two attached hydrogens (primary N) is 1. The molecule has 0 saturated heterocycles. The molecule has 0 fully saturated rings. The molecule has 1 rings (SSSR count). The number of hydrogen-bond donors (Lipinski definition) is 2. The van der Waals surface area contributed by atoms with Crippen molar-refractivity contribution in [1.29, 1.82) is 0 Å². The molecular weight excluding hydrogens is 178 g/mol. The monoisotopic (exact) mass is 188 g/mol. The fourth-order valence-corrected chi connectivity index (χ4v) is 0.864. The minimum atomic E-state index is -2.41. The zero-order chi connectivity index (χ0) is 9.84. The molecule has 13 heavy (non-hydrogen) atoms. The zero-order valence-corrected chi connectivity index (χ0v) is 7.09. The average molecular weight is 188 g/mol. The third-order valence-electron chi connectivity index (χ3n) is 1.31. The molecule has 0 aliphatic carbocycles. The molecule has 0 radical (unpaired) electrons. The second-order valence-corrected chi connectivity index (χ2v) is 2.52. The molecule has 0 aromatic carbocycles. The second kappa shape index (κ2) is 3.97. The van der Waals surface area contributed by atoms with Crippen LogP contribution in [0.4, 0.5) is 20.5 Å². The van der Waals surface area contributed by atoms with E-state index in [4.69, 9.17) is 5.73 Å². The van der Waals surface area contributed by atoms with E-state index >= 15 is 0 Å². The first kappa shape index (κ1) is 9.63. The fourth-order valence-electron chi connectivity index (χ4n) is 0.864. The van der Waals surface area contributed by atoms with Gasteiger partial charge < -0.3 is 11.1 Å². The van der Waals surface area contributed by atoms with Crippen LogP contribution in [0.2, 0.25) is 0 Å². The van der Waals surface area contributed by atoms with Gasteiger partial charge in [0.1, 0.15) is 5.82 Å². The Bertz CT molecular complexity index is 270. The van der Waals surface area contributed by atoms with Gasteiger partial charge in [-0.15, -0.1) is 0 Å². The summed E-state index contributed by atoms with van der Waals surface area (Å²) in [7, 11) is 0. The maximum absolute atomic E-state index is 11.8. The Morgan fingerprint density at radius 1 is 1.54 bits per heavy atom. The highest BCUT2D eigenvalue weighted by Gasteiger charge is 2.03. The van der Waals surface area contributed by atoms with Crippen molar-refractivity contribution in [1.82, 2.24) is 9.97 Å². The van der Waals surface area contributed by atoms with E-state index in [9.17, 15) is 8.78 Å². The molecule has 0 aliphatic heterocycles. The molecule has 1 aromatic heterocycles. The number of nitrogens with one attached hydrogen (secondary N) is 1. The summed E-state index contributed by atoms with van der Waals surface area (Å²) in [6, 6.07) is 1.55. The lowest BCUT2D eigenvalue weighted by atomic mass is 10.4.